The Hall–Kier alpha value is -2.08. The van der Waals surface area contributed by atoms with Gasteiger partial charge in [-0.3, -0.25) is 9.59 Å². The van der Waals surface area contributed by atoms with Crippen molar-refractivity contribution in [1.82, 2.24) is 10.6 Å². The Labute approximate surface area is 124 Å². The highest BCUT2D eigenvalue weighted by Crippen LogP contribution is 2.14. The van der Waals surface area contributed by atoms with Gasteiger partial charge >= 0.3 is 0 Å². The summed E-state index contributed by atoms with van der Waals surface area (Å²) in [5.41, 5.74) is 5.58. The van der Waals surface area contributed by atoms with E-state index in [9.17, 15) is 9.59 Å². The molecular formula is C15H21N3O3. The molecule has 1 aromatic carbocycles. The van der Waals surface area contributed by atoms with Crippen LogP contribution in [0.25, 0.3) is 0 Å². The van der Waals surface area contributed by atoms with Gasteiger partial charge in [-0.15, -0.1) is 0 Å². The first kappa shape index (κ1) is 15.3. The highest BCUT2D eigenvalue weighted by molar-refractivity contribution is 5.94. The molecule has 2 atom stereocenters. The van der Waals surface area contributed by atoms with Crippen molar-refractivity contribution in [3.63, 3.8) is 0 Å². The zero-order chi connectivity index (χ0) is 15.2. The molecule has 1 saturated heterocycles. The van der Waals surface area contributed by atoms with Crippen LogP contribution >= 0.6 is 0 Å². The lowest BCUT2D eigenvalue weighted by molar-refractivity contribution is -0.119. The molecular weight excluding hydrogens is 270 g/mol. The molecule has 0 aliphatic carbocycles. The molecule has 6 nitrogen and oxygen atoms in total. The number of hydrogen-bond acceptors (Lipinski definition) is 4. The molecule has 1 aromatic rings. The first-order valence-electron chi connectivity index (χ1n) is 7.09. The fourth-order valence-corrected chi connectivity index (χ4v) is 2.34. The number of carbonyl (C=O) groups is 2. The quantitative estimate of drug-likeness (QED) is 0.726. The Kier molecular flexibility index (Phi) is 5.16. The largest absolute Gasteiger partial charge is 0.484 e. The molecule has 2 unspecified atom stereocenters. The molecule has 114 valence electrons. The lowest BCUT2D eigenvalue weighted by Crippen LogP contribution is -2.48. The molecule has 0 aromatic heterocycles. The van der Waals surface area contributed by atoms with Gasteiger partial charge < -0.3 is 21.1 Å². The van der Waals surface area contributed by atoms with Crippen molar-refractivity contribution in [3.05, 3.63) is 29.8 Å². The average molecular weight is 291 g/mol. The van der Waals surface area contributed by atoms with E-state index in [4.69, 9.17) is 10.5 Å². The fourth-order valence-electron chi connectivity index (χ4n) is 2.34. The standard InChI is InChI=1S/C15H21N3O3/c1-10-8-17-7-6-13(10)18-15(20)11-2-4-12(5-3-11)21-9-14(16)19/h2-5,10,13,17H,6-9H2,1H3,(H2,16,19)(H,18,20). The van der Waals surface area contributed by atoms with E-state index >= 15 is 0 Å². The van der Waals surface area contributed by atoms with Crippen LogP contribution in [0.1, 0.15) is 23.7 Å². The minimum absolute atomic E-state index is 0.0878. The summed E-state index contributed by atoms with van der Waals surface area (Å²) in [4.78, 5) is 22.8. The predicted molar refractivity (Wildman–Crippen MR) is 79.0 cm³/mol. The van der Waals surface area contributed by atoms with Gasteiger partial charge in [0.15, 0.2) is 6.61 Å². The Morgan fingerprint density at radius 3 is 2.71 bits per heavy atom. The average Bonchev–Trinajstić information content (AvgIpc) is 2.48. The zero-order valence-electron chi connectivity index (χ0n) is 12.1. The normalized spacial score (nSPS) is 21.6. The van der Waals surface area contributed by atoms with E-state index in [2.05, 4.69) is 17.6 Å². The van der Waals surface area contributed by atoms with E-state index < -0.39 is 5.91 Å². The Bertz CT molecular complexity index is 501. The Morgan fingerprint density at radius 2 is 2.10 bits per heavy atom. The first-order valence-corrected chi connectivity index (χ1v) is 7.09. The summed E-state index contributed by atoms with van der Waals surface area (Å²) in [6, 6.07) is 6.87. The van der Waals surface area contributed by atoms with Crippen LogP contribution in [0.5, 0.6) is 5.75 Å². The monoisotopic (exact) mass is 291 g/mol. The molecule has 1 fully saturated rings. The molecule has 2 amide bonds. The van der Waals surface area contributed by atoms with E-state index in [1.165, 1.54) is 0 Å². The Balaban J connectivity index is 1.91. The summed E-state index contributed by atoms with van der Waals surface area (Å²) in [6.07, 6.45) is 0.937. The van der Waals surface area contributed by atoms with Gasteiger partial charge in [-0.05, 0) is 49.7 Å². The van der Waals surface area contributed by atoms with E-state index in [-0.39, 0.29) is 18.6 Å². The lowest BCUT2D eigenvalue weighted by Gasteiger charge is -2.30. The van der Waals surface area contributed by atoms with Crippen LogP contribution in [0.2, 0.25) is 0 Å². The van der Waals surface area contributed by atoms with Crippen molar-refractivity contribution in [1.29, 1.82) is 0 Å². The number of hydrogen-bond donors (Lipinski definition) is 3. The third kappa shape index (κ3) is 4.46. The fraction of sp³-hybridized carbons (Fsp3) is 0.467. The third-order valence-electron chi connectivity index (χ3n) is 3.60. The highest BCUT2D eigenvalue weighted by Gasteiger charge is 2.22. The molecule has 21 heavy (non-hydrogen) atoms. The highest BCUT2D eigenvalue weighted by atomic mass is 16.5. The predicted octanol–water partition coefficient (Wildman–Crippen LogP) is 0.279. The number of ether oxygens (including phenoxy) is 1. The molecule has 1 aliphatic rings. The number of primary amides is 1. The van der Waals surface area contributed by atoms with Crippen molar-refractivity contribution in [2.75, 3.05) is 19.7 Å². The maximum atomic E-state index is 12.2. The van der Waals surface area contributed by atoms with Crippen LogP contribution in [0, 0.1) is 5.92 Å². The van der Waals surface area contributed by atoms with Gasteiger partial charge in [0, 0.05) is 11.6 Å². The summed E-state index contributed by atoms with van der Waals surface area (Å²) in [7, 11) is 0. The molecule has 0 spiro atoms. The minimum Gasteiger partial charge on any atom is -0.484 e. The molecule has 4 N–H and O–H groups in total. The van der Waals surface area contributed by atoms with Crippen molar-refractivity contribution in [2.45, 2.75) is 19.4 Å². The van der Waals surface area contributed by atoms with Gasteiger partial charge in [-0.1, -0.05) is 6.92 Å². The number of piperidine rings is 1. The maximum Gasteiger partial charge on any atom is 0.255 e. The van der Waals surface area contributed by atoms with E-state index in [0.717, 1.165) is 19.5 Å². The number of nitrogens with two attached hydrogens (primary N) is 1. The van der Waals surface area contributed by atoms with Crippen LogP contribution in [-0.2, 0) is 4.79 Å². The smallest absolute Gasteiger partial charge is 0.255 e. The number of nitrogens with one attached hydrogen (secondary N) is 2. The van der Waals surface area contributed by atoms with Crippen LogP contribution in [0.15, 0.2) is 24.3 Å². The topological polar surface area (TPSA) is 93.4 Å². The van der Waals surface area contributed by atoms with E-state index in [0.29, 0.717) is 17.2 Å². The van der Waals surface area contributed by atoms with E-state index in [1.807, 2.05) is 0 Å². The summed E-state index contributed by atoms with van der Waals surface area (Å²) in [5, 5.41) is 6.36. The zero-order valence-corrected chi connectivity index (χ0v) is 12.1. The van der Waals surface area contributed by atoms with Crippen molar-refractivity contribution in [2.24, 2.45) is 11.7 Å². The van der Waals surface area contributed by atoms with Crippen LogP contribution in [-0.4, -0.2) is 37.6 Å². The van der Waals surface area contributed by atoms with Crippen molar-refractivity contribution >= 4 is 11.8 Å². The van der Waals surface area contributed by atoms with Gasteiger partial charge in [0.1, 0.15) is 5.75 Å². The van der Waals surface area contributed by atoms with Gasteiger partial charge in [0.2, 0.25) is 0 Å². The molecule has 0 saturated carbocycles. The summed E-state index contributed by atoms with van der Waals surface area (Å²) >= 11 is 0. The Morgan fingerprint density at radius 1 is 1.38 bits per heavy atom. The molecule has 0 bridgehead atoms. The van der Waals surface area contributed by atoms with Gasteiger partial charge in [-0.25, -0.2) is 0 Å². The number of rotatable bonds is 5. The van der Waals surface area contributed by atoms with Crippen LogP contribution < -0.4 is 21.1 Å². The number of benzene rings is 1. The van der Waals surface area contributed by atoms with Crippen LogP contribution in [0.3, 0.4) is 0 Å². The van der Waals surface area contributed by atoms with E-state index in [1.54, 1.807) is 24.3 Å². The molecule has 1 heterocycles. The molecule has 1 aliphatic heterocycles. The molecule has 2 rings (SSSR count). The second kappa shape index (κ2) is 7.08. The number of amides is 2. The molecule has 6 heteroatoms. The van der Waals surface area contributed by atoms with Crippen LogP contribution in [0.4, 0.5) is 0 Å². The van der Waals surface area contributed by atoms with Crippen molar-refractivity contribution < 1.29 is 14.3 Å². The van der Waals surface area contributed by atoms with Gasteiger partial charge in [-0.2, -0.15) is 0 Å². The second-order valence-electron chi connectivity index (χ2n) is 5.33. The first-order chi connectivity index (χ1) is 10.1. The van der Waals surface area contributed by atoms with Crippen molar-refractivity contribution in [3.8, 4) is 5.75 Å². The van der Waals surface area contributed by atoms with Gasteiger partial charge in [0.25, 0.3) is 11.8 Å². The third-order valence-corrected chi connectivity index (χ3v) is 3.60. The lowest BCUT2D eigenvalue weighted by atomic mass is 9.95. The summed E-state index contributed by atoms with van der Waals surface area (Å²) in [6.45, 7) is 3.80. The summed E-state index contributed by atoms with van der Waals surface area (Å²) in [5.74, 6) is 0.313. The molecule has 0 radical (unpaired) electrons. The van der Waals surface area contributed by atoms with Gasteiger partial charge in [0.05, 0.1) is 0 Å². The second-order valence-corrected chi connectivity index (χ2v) is 5.33. The minimum atomic E-state index is -0.531. The maximum absolute atomic E-state index is 12.2. The SMILES string of the molecule is CC1CNCCC1NC(=O)c1ccc(OCC(N)=O)cc1. The summed E-state index contributed by atoms with van der Waals surface area (Å²) < 4.78 is 5.15. The number of carbonyl (C=O) groups excluding carboxylic acids is 2.